The predicted octanol–water partition coefficient (Wildman–Crippen LogP) is 2.31. The van der Waals surface area contributed by atoms with E-state index in [2.05, 4.69) is 15.3 Å². The number of nitrogens with one attached hydrogen (secondary N) is 1. The minimum atomic E-state index is -0.215. The van der Waals surface area contributed by atoms with Crippen LogP contribution in [0.2, 0.25) is 0 Å². The van der Waals surface area contributed by atoms with E-state index in [1.165, 1.54) is 0 Å². The molecule has 0 radical (unpaired) electrons. The van der Waals surface area contributed by atoms with Crippen LogP contribution in [0.5, 0.6) is 0 Å². The number of amides is 1. The second kappa shape index (κ2) is 7.69. The van der Waals surface area contributed by atoms with Crippen LogP contribution < -0.4 is 10.2 Å². The van der Waals surface area contributed by atoms with E-state index >= 15 is 0 Å². The van der Waals surface area contributed by atoms with Gasteiger partial charge in [-0.2, -0.15) is 0 Å². The number of carbonyl (C=O) groups is 1. The topological polar surface area (TPSA) is 67.4 Å². The fourth-order valence-electron chi connectivity index (χ4n) is 2.09. The average Bonchev–Trinajstić information content (AvgIpc) is 2.51. The SMILES string of the molecule is Cc1nc(N(C)C)nc(C)c1NC(=O)COCc1ccccc1. The van der Waals surface area contributed by atoms with Gasteiger partial charge in [0.25, 0.3) is 0 Å². The van der Waals surface area contributed by atoms with Crippen molar-refractivity contribution in [3.05, 3.63) is 47.3 Å². The molecule has 23 heavy (non-hydrogen) atoms. The third-order valence-corrected chi connectivity index (χ3v) is 3.27. The molecular weight excluding hydrogens is 292 g/mol. The molecule has 1 N–H and O–H groups in total. The molecule has 2 rings (SSSR count). The van der Waals surface area contributed by atoms with Crippen LogP contribution in [0.3, 0.4) is 0 Å². The molecule has 0 unspecified atom stereocenters. The summed E-state index contributed by atoms with van der Waals surface area (Å²) in [5.41, 5.74) is 3.14. The summed E-state index contributed by atoms with van der Waals surface area (Å²) in [4.78, 5) is 22.6. The molecule has 0 bridgehead atoms. The summed E-state index contributed by atoms with van der Waals surface area (Å²) in [7, 11) is 3.76. The average molecular weight is 314 g/mol. The molecule has 1 amide bonds. The molecule has 2 aromatic rings. The van der Waals surface area contributed by atoms with Crippen LogP contribution >= 0.6 is 0 Å². The van der Waals surface area contributed by atoms with Crippen molar-refractivity contribution in [2.24, 2.45) is 0 Å². The maximum atomic E-state index is 12.0. The van der Waals surface area contributed by atoms with Gasteiger partial charge < -0.3 is 15.0 Å². The minimum Gasteiger partial charge on any atom is -0.367 e. The number of hydrogen-bond acceptors (Lipinski definition) is 5. The first-order valence-electron chi connectivity index (χ1n) is 7.41. The van der Waals surface area contributed by atoms with Gasteiger partial charge in [0.05, 0.1) is 23.7 Å². The lowest BCUT2D eigenvalue weighted by molar-refractivity contribution is -0.121. The zero-order chi connectivity index (χ0) is 16.8. The first kappa shape index (κ1) is 16.9. The second-order valence-corrected chi connectivity index (χ2v) is 5.49. The first-order valence-corrected chi connectivity index (χ1v) is 7.41. The van der Waals surface area contributed by atoms with Crippen LogP contribution in [0, 0.1) is 13.8 Å². The van der Waals surface area contributed by atoms with E-state index in [9.17, 15) is 4.79 Å². The standard InChI is InChI=1S/C17H22N4O2/c1-12-16(13(2)19-17(18-12)21(3)4)20-15(22)11-23-10-14-8-6-5-7-9-14/h5-9H,10-11H2,1-4H3,(H,20,22). The summed E-state index contributed by atoms with van der Waals surface area (Å²) in [5, 5.41) is 2.82. The van der Waals surface area contributed by atoms with Gasteiger partial charge in [0.15, 0.2) is 0 Å². The van der Waals surface area contributed by atoms with E-state index in [0.717, 1.165) is 17.0 Å². The van der Waals surface area contributed by atoms with Crippen LogP contribution in [0.25, 0.3) is 0 Å². The Morgan fingerprint density at radius 3 is 2.30 bits per heavy atom. The Hall–Kier alpha value is -2.47. The van der Waals surface area contributed by atoms with Crippen LogP contribution in [-0.2, 0) is 16.1 Å². The Labute approximate surface area is 136 Å². The number of benzene rings is 1. The molecule has 0 spiro atoms. The quantitative estimate of drug-likeness (QED) is 0.886. The molecule has 0 fully saturated rings. The minimum absolute atomic E-state index is 0.0107. The summed E-state index contributed by atoms with van der Waals surface area (Å²) >= 11 is 0. The Morgan fingerprint density at radius 1 is 1.13 bits per heavy atom. The molecule has 1 aromatic carbocycles. The molecule has 6 nitrogen and oxygen atoms in total. The molecule has 1 aromatic heterocycles. The van der Waals surface area contributed by atoms with Gasteiger partial charge in [-0.25, -0.2) is 9.97 Å². The van der Waals surface area contributed by atoms with E-state index in [-0.39, 0.29) is 12.5 Å². The van der Waals surface area contributed by atoms with Crippen molar-refractivity contribution in [3.8, 4) is 0 Å². The zero-order valence-electron chi connectivity index (χ0n) is 14.0. The number of aryl methyl sites for hydroxylation is 2. The summed E-state index contributed by atoms with van der Waals surface area (Å²) < 4.78 is 5.43. The van der Waals surface area contributed by atoms with Gasteiger partial charge in [-0.1, -0.05) is 30.3 Å². The number of carbonyl (C=O) groups excluding carboxylic acids is 1. The van der Waals surface area contributed by atoms with Crippen molar-refractivity contribution in [2.75, 3.05) is 30.9 Å². The van der Waals surface area contributed by atoms with Crippen LogP contribution in [0.15, 0.2) is 30.3 Å². The van der Waals surface area contributed by atoms with Gasteiger partial charge in [0.1, 0.15) is 6.61 Å². The maximum Gasteiger partial charge on any atom is 0.250 e. The Kier molecular flexibility index (Phi) is 5.65. The normalized spacial score (nSPS) is 10.4. The predicted molar refractivity (Wildman–Crippen MR) is 90.6 cm³/mol. The monoisotopic (exact) mass is 314 g/mol. The highest BCUT2D eigenvalue weighted by Gasteiger charge is 2.12. The summed E-state index contributed by atoms with van der Waals surface area (Å²) in [6, 6.07) is 9.74. The molecule has 0 aliphatic rings. The van der Waals surface area contributed by atoms with E-state index in [1.807, 2.05) is 63.2 Å². The molecule has 0 aliphatic heterocycles. The van der Waals surface area contributed by atoms with Gasteiger partial charge in [-0.15, -0.1) is 0 Å². The highest BCUT2D eigenvalue weighted by molar-refractivity contribution is 5.92. The van der Waals surface area contributed by atoms with Crippen LogP contribution in [0.1, 0.15) is 17.0 Å². The van der Waals surface area contributed by atoms with E-state index in [4.69, 9.17) is 4.74 Å². The largest absolute Gasteiger partial charge is 0.367 e. The van der Waals surface area contributed by atoms with Crippen molar-refractivity contribution in [1.82, 2.24) is 9.97 Å². The number of ether oxygens (including phenoxy) is 1. The maximum absolute atomic E-state index is 12.0. The summed E-state index contributed by atoms with van der Waals surface area (Å²) in [6.07, 6.45) is 0. The highest BCUT2D eigenvalue weighted by Crippen LogP contribution is 2.19. The number of nitrogens with zero attached hydrogens (tertiary/aromatic N) is 3. The number of hydrogen-bond donors (Lipinski definition) is 1. The molecule has 0 saturated carbocycles. The van der Waals surface area contributed by atoms with Gasteiger partial charge >= 0.3 is 0 Å². The van der Waals surface area contributed by atoms with E-state index < -0.39 is 0 Å². The van der Waals surface area contributed by atoms with Crippen molar-refractivity contribution in [2.45, 2.75) is 20.5 Å². The second-order valence-electron chi connectivity index (χ2n) is 5.49. The third kappa shape index (κ3) is 4.75. The van der Waals surface area contributed by atoms with Gasteiger partial charge in [0.2, 0.25) is 11.9 Å². The first-order chi connectivity index (χ1) is 11.0. The van der Waals surface area contributed by atoms with Crippen molar-refractivity contribution < 1.29 is 9.53 Å². The van der Waals surface area contributed by atoms with E-state index in [0.29, 0.717) is 18.2 Å². The highest BCUT2D eigenvalue weighted by atomic mass is 16.5. The molecule has 0 saturated heterocycles. The molecule has 122 valence electrons. The fourth-order valence-corrected chi connectivity index (χ4v) is 2.09. The van der Waals surface area contributed by atoms with Gasteiger partial charge in [0, 0.05) is 14.1 Å². The molecule has 6 heteroatoms. The lowest BCUT2D eigenvalue weighted by Gasteiger charge is -2.15. The Morgan fingerprint density at radius 2 is 1.74 bits per heavy atom. The van der Waals surface area contributed by atoms with Gasteiger partial charge in [-0.3, -0.25) is 4.79 Å². The molecule has 1 heterocycles. The molecular formula is C17H22N4O2. The molecule has 0 aliphatic carbocycles. The number of aromatic nitrogens is 2. The van der Waals surface area contributed by atoms with E-state index in [1.54, 1.807) is 0 Å². The van der Waals surface area contributed by atoms with Crippen molar-refractivity contribution >= 4 is 17.5 Å². The van der Waals surface area contributed by atoms with Crippen LogP contribution in [0.4, 0.5) is 11.6 Å². The third-order valence-electron chi connectivity index (χ3n) is 3.27. The number of rotatable bonds is 6. The smallest absolute Gasteiger partial charge is 0.250 e. The van der Waals surface area contributed by atoms with Crippen molar-refractivity contribution in [1.29, 1.82) is 0 Å². The number of anilines is 2. The lowest BCUT2D eigenvalue weighted by atomic mass is 10.2. The van der Waals surface area contributed by atoms with Crippen LogP contribution in [-0.4, -0.2) is 36.6 Å². The van der Waals surface area contributed by atoms with Gasteiger partial charge in [-0.05, 0) is 19.4 Å². The zero-order valence-corrected chi connectivity index (χ0v) is 14.0. The summed E-state index contributed by atoms with van der Waals surface area (Å²) in [6.45, 7) is 4.09. The summed E-state index contributed by atoms with van der Waals surface area (Å²) in [5.74, 6) is 0.409. The molecule has 0 atom stereocenters. The fraction of sp³-hybridized carbons (Fsp3) is 0.353. The lowest BCUT2D eigenvalue weighted by Crippen LogP contribution is -2.21. The van der Waals surface area contributed by atoms with Crippen molar-refractivity contribution in [3.63, 3.8) is 0 Å². The Bertz CT molecular complexity index is 649. The Balaban J connectivity index is 1.92.